The molecule has 0 saturated carbocycles. The van der Waals surface area contributed by atoms with Crippen LogP contribution in [0.3, 0.4) is 0 Å². The molecule has 1 amide bonds. The number of carbonyl (C=O) groups excluding carboxylic acids is 1. The predicted molar refractivity (Wildman–Crippen MR) is 128 cm³/mol. The van der Waals surface area contributed by atoms with Crippen molar-refractivity contribution in [2.75, 3.05) is 5.32 Å². The summed E-state index contributed by atoms with van der Waals surface area (Å²) in [6.07, 6.45) is 6.53. The van der Waals surface area contributed by atoms with Gasteiger partial charge in [0.25, 0.3) is 5.91 Å². The van der Waals surface area contributed by atoms with E-state index < -0.39 is 32.4 Å². The number of rotatable bonds is 5. The zero-order valence-electron chi connectivity index (χ0n) is 18.9. The van der Waals surface area contributed by atoms with Crippen molar-refractivity contribution in [2.45, 2.75) is 11.8 Å². The summed E-state index contributed by atoms with van der Waals surface area (Å²) >= 11 is 0. The van der Waals surface area contributed by atoms with Gasteiger partial charge in [-0.05, 0) is 49.4 Å². The van der Waals surface area contributed by atoms with Gasteiger partial charge in [-0.3, -0.25) is 14.3 Å². The Bertz CT molecular complexity index is 1680. The van der Waals surface area contributed by atoms with Crippen LogP contribution in [0.1, 0.15) is 15.9 Å². The van der Waals surface area contributed by atoms with Crippen LogP contribution in [0.25, 0.3) is 22.6 Å². The number of hydrogen-bond acceptors (Lipinski definition) is 3. The van der Waals surface area contributed by atoms with E-state index in [4.69, 9.17) is 0 Å². The molecule has 0 atom stereocenters. The second-order valence-corrected chi connectivity index (χ2v) is 10.7. The Balaban J connectivity index is 1.51. The third kappa shape index (κ3) is 4.77. The molecule has 0 aliphatic heterocycles. The molecule has 37 heavy (non-hydrogen) atoms. The highest BCUT2D eigenvalue weighted by Gasteiger charge is 2.65. The van der Waals surface area contributed by atoms with E-state index in [9.17, 15) is 28.6 Å². The van der Waals surface area contributed by atoms with Gasteiger partial charge in [-0.25, -0.2) is 8.91 Å². The lowest BCUT2D eigenvalue weighted by atomic mass is 10.1. The number of imidazole rings is 1. The molecular formula is C24H17F6N5OS. The van der Waals surface area contributed by atoms with Crippen molar-refractivity contribution in [2.24, 2.45) is 0 Å². The molecule has 192 valence electrons. The molecule has 0 bridgehead atoms. The molecule has 2 aromatic carbocycles. The van der Waals surface area contributed by atoms with Crippen LogP contribution in [0.5, 0.6) is 0 Å². The Morgan fingerprint density at radius 2 is 1.76 bits per heavy atom. The predicted octanol–water partition coefficient (Wildman–Crippen LogP) is 7.54. The molecule has 3 aromatic heterocycles. The Morgan fingerprint density at radius 3 is 2.46 bits per heavy atom. The van der Waals surface area contributed by atoms with Crippen LogP contribution >= 0.6 is 10.2 Å². The molecule has 5 aromatic rings. The first kappa shape index (κ1) is 24.4. The van der Waals surface area contributed by atoms with E-state index in [0.717, 1.165) is 17.7 Å². The normalized spacial score (nSPS) is 13.8. The van der Waals surface area contributed by atoms with Gasteiger partial charge in [0.2, 0.25) is 0 Å². The number of hydrogen-bond donors (Lipinski definition) is 1. The fraction of sp³-hybridized carbons (Fsp3) is 0.0417. The number of carbonyl (C=O) groups is 1. The smallest absolute Gasteiger partial charge is 0.310 e. The minimum atomic E-state index is -9.99. The van der Waals surface area contributed by atoms with Gasteiger partial charge in [0, 0.05) is 53.2 Å². The SMILES string of the molecule is Cc1c(F)cc(NC(=O)c2cccc(S(F)(F)(F)(F)F)c2)cc1-n1ccn2nc(-c3cccnc3)cc12. The monoisotopic (exact) mass is 537 g/mol. The Hall–Kier alpha value is -4.26. The zero-order valence-corrected chi connectivity index (χ0v) is 19.7. The first-order chi connectivity index (χ1) is 17.2. The first-order valence-corrected chi connectivity index (χ1v) is 12.6. The molecular weight excluding hydrogens is 520 g/mol. The fourth-order valence-corrected chi connectivity index (χ4v) is 4.49. The standard InChI is InChI=1S/C24H17F6N5OS/c1-15-20(25)11-18(32-24(36)16-4-2-6-19(10-16)37(26,27,28,29)30)12-22(15)34-8-9-35-23(34)13-21(33-35)17-5-3-7-31-14-17/h2-14H,1H3,(H,32,36). The Kier molecular flexibility index (Phi) is 5.03. The average molecular weight is 537 g/mol. The van der Waals surface area contributed by atoms with Crippen LogP contribution in [-0.4, -0.2) is 25.1 Å². The lowest BCUT2D eigenvalue weighted by Gasteiger charge is -2.40. The highest BCUT2D eigenvalue weighted by Crippen LogP contribution is 3.02. The molecule has 0 aliphatic carbocycles. The van der Waals surface area contributed by atoms with Crippen LogP contribution < -0.4 is 5.32 Å². The van der Waals surface area contributed by atoms with Crippen molar-refractivity contribution in [3.8, 4) is 16.9 Å². The van der Waals surface area contributed by atoms with Crippen molar-refractivity contribution < 1.29 is 28.6 Å². The first-order valence-electron chi connectivity index (χ1n) is 10.6. The minimum Gasteiger partial charge on any atom is -0.322 e. The van der Waals surface area contributed by atoms with Crippen molar-refractivity contribution in [3.63, 3.8) is 0 Å². The fourth-order valence-electron chi connectivity index (χ4n) is 3.81. The van der Waals surface area contributed by atoms with E-state index in [1.54, 1.807) is 46.0 Å². The van der Waals surface area contributed by atoms with E-state index in [-0.39, 0.29) is 23.4 Å². The number of fused-ring (bicyclic) bond motifs is 1. The van der Waals surface area contributed by atoms with Gasteiger partial charge in [-0.1, -0.05) is 25.5 Å². The third-order valence-corrected chi connectivity index (χ3v) is 6.80. The lowest BCUT2D eigenvalue weighted by Crippen LogP contribution is -2.14. The summed E-state index contributed by atoms with van der Waals surface area (Å²) in [5.41, 5.74) is 1.74. The average Bonchev–Trinajstić information content (AvgIpc) is 3.42. The quantitative estimate of drug-likeness (QED) is 0.236. The van der Waals surface area contributed by atoms with Crippen molar-refractivity contribution >= 4 is 27.5 Å². The maximum Gasteiger partial charge on any atom is 0.310 e. The third-order valence-electron chi connectivity index (χ3n) is 5.65. The number of aromatic nitrogens is 4. The molecule has 1 N–H and O–H groups in total. The van der Waals surface area contributed by atoms with Gasteiger partial charge in [0.1, 0.15) is 16.4 Å². The highest BCUT2D eigenvalue weighted by molar-refractivity contribution is 8.45. The summed E-state index contributed by atoms with van der Waals surface area (Å²) in [4.78, 5) is 14.5. The maximum absolute atomic E-state index is 14.8. The number of amides is 1. The summed E-state index contributed by atoms with van der Waals surface area (Å²) < 4.78 is 83.9. The van der Waals surface area contributed by atoms with E-state index >= 15 is 0 Å². The number of pyridine rings is 1. The lowest BCUT2D eigenvalue weighted by molar-refractivity contribution is 0.102. The molecule has 3 heterocycles. The molecule has 0 fully saturated rings. The minimum absolute atomic E-state index is 0.0735. The Morgan fingerprint density at radius 1 is 0.973 bits per heavy atom. The van der Waals surface area contributed by atoms with Crippen molar-refractivity contribution in [1.82, 2.24) is 19.2 Å². The molecule has 5 rings (SSSR count). The Labute approximate surface area is 205 Å². The second kappa shape index (κ2) is 7.62. The summed E-state index contributed by atoms with van der Waals surface area (Å²) in [6, 6.07) is 9.68. The topological polar surface area (TPSA) is 64.2 Å². The van der Waals surface area contributed by atoms with Crippen molar-refractivity contribution in [3.05, 3.63) is 96.3 Å². The van der Waals surface area contributed by atoms with Gasteiger partial charge in [0.15, 0.2) is 0 Å². The van der Waals surface area contributed by atoms with Gasteiger partial charge in [-0.15, -0.1) is 0 Å². The molecule has 0 aliphatic rings. The van der Waals surface area contributed by atoms with Gasteiger partial charge in [-0.2, -0.15) is 5.10 Å². The molecule has 13 heteroatoms. The summed E-state index contributed by atoms with van der Waals surface area (Å²) in [6.45, 7) is 1.52. The molecule has 6 nitrogen and oxygen atoms in total. The second-order valence-electron chi connectivity index (χ2n) is 8.30. The molecule has 0 unspecified atom stereocenters. The number of benzene rings is 2. The van der Waals surface area contributed by atoms with Crippen LogP contribution in [0, 0.1) is 12.7 Å². The number of anilines is 1. The van der Waals surface area contributed by atoms with E-state index in [0.29, 0.717) is 23.1 Å². The maximum atomic E-state index is 14.8. The molecule has 0 spiro atoms. The van der Waals surface area contributed by atoms with E-state index in [1.807, 2.05) is 6.07 Å². The summed E-state index contributed by atoms with van der Waals surface area (Å²) in [5, 5.41) is 6.76. The zero-order chi connectivity index (χ0) is 26.7. The van der Waals surface area contributed by atoms with Crippen LogP contribution in [0.2, 0.25) is 0 Å². The van der Waals surface area contributed by atoms with E-state index in [1.165, 1.54) is 13.0 Å². The number of halogens is 6. The molecule has 0 radical (unpaired) electrons. The number of nitrogens with one attached hydrogen (secondary N) is 1. The molecule has 0 saturated heterocycles. The van der Waals surface area contributed by atoms with Crippen molar-refractivity contribution in [1.29, 1.82) is 0 Å². The van der Waals surface area contributed by atoms with Gasteiger partial charge < -0.3 is 5.32 Å². The number of nitrogens with zero attached hydrogens (tertiary/aromatic N) is 4. The van der Waals surface area contributed by atoms with Gasteiger partial charge in [0.05, 0.1) is 11.4 Å². The van der Waals surface area contributed by atoms with Gasteiger partial charge >= 0.3 is 10.2 Å². The van der Waals surface area contributed by atoms with Crippen LogP contribution in [0.15, 0.2) is 84.3 Å². The largest absolute Gasteiger partial charge is 0.322 e. The summed E-state index contributed by atoms with van der Waals surface area (Å²) in [5.74, 6) is -1.81. The summed E-state index contributed by atoms with van der Waals surface area (Å²) in [7, 11) is -9.99. The highest BCUT2D eigenvalue weighted by atomic mass is 32.5. The van der Waals surface area contributed by atoms with Crippen LogP contribution in [0.4, 0.5) is 29.5 Å². The van der Waals surface area contributed by atoms with Crippen LogP contribution in [-0.2, 0) is 0 Å². The van der Waals surface area contributed by atoms with E-state index in [2.05, 4.69) is 15.4 Å².